The van der Waals surface area contributed by atoms with Crippen LogP contribution in [0.2, 0.25) is 10.0 Å². The molecule has 1 N–H and O–H groups in total. The van der Waals surface area contributed by atoms with Crippen molar-refractivity contribution in [2.24, 2.45) is 5.92 Å². The van der Waals surface area contributed by atoms with E-state index in [1.54, 1.807) is 6.07 Å². The van der Waals surface area contributed by atoms with Crippen molar-refractivity contribution >= 4 is 51.7 Å². The number of benzene rings is 1. The molecule has 1 aliphatic rings. The minimum Gasteiger partial charge on any atom is -0.382 e. The third kappa shape index (κ3) is 2.71. The lowest BCUT2D eigenvalue weighted by Gasteiger charge is -2.19. The molecule has 19 heavy (non-hydrogen) atoms. The molecule has 1 aliphatic carbocycles. The minimum atomic E-state index is 0.555. The fourth-order valence-electron chi connectivity index (χ4n) is 2.33. The van der Waals surface area contributed by atoms with Crippen molar-refractivity contribution < 1.29 is 0 Å². The van der Waals surface area contributed by atoms with Crippen molar-refractivity contribution in [2.45, 2.75) is 19.3 Å². The number of halogens is 2. The van der Waals surface area contributed by atoms with E-state index in [4.69, 9.17) is 23.2 Å². The standard InChI is InChI=1S/C13H13Cl2N3S/c14-9-6-10(15)12-13(18-19-17-12)11(9)16-7-8-4-2-1-3-5-8/h1-2,6,8,16H,3-5,7H2. The van der Waals surface area contributed by atoms with Gasteiger partial charge in [0.25, 0.3) is 0 Å². The summed E-state index contributed by atoms with van der Waals surface area (Å²) >= 11 is 13.5. The highest BCUT2D eigenvalue weighted by Gasteiger charge is 2.16. The Hall–Kier alpha value is -0.840. The Kier molecular flexibility index (Phi) is 3.91. The summed E-state index contributed by atoms with van der Waals surface area (Å²) in [7, 11) is 0. The number of rotatable bonds is 3. The molecule has 1 unspecified atom stereocenters. The average molecular weight is 314 g/mol. The lowest BCUT2D eigenvalue weighted by atomic mass is 9.94. The van der Waals surface area contributed by atoms with E-state index < -0.39 is 0 Å². The second kappa shape index (κ2) is 5.65. The number of anilines is 1. The molecular weight excluding hydrogens is 301 g/mol. The van der Waals surface area contributed by atoms with Gasteiger partial charge in [-0.05, 0) is 31.2 Å². The van der Waals surface area contributed by atoms with E-state index in [1.807, 2.05) is 0 Å². The molecule has 0 spiro atoms. The number of fused-ring (bicyclic) bond motifs is 1. The Morgan fingerprint density at radius 1 is 1.21 bits per heavy atom. The van der Waals surface area contributed by atoms with Gasteiger partial charge >= 0.3 is 0 Å². The van der Waals surface area contributed by atoms with Crippen molar-refractivity contribution in [3.05, 3.63) is 28.3 Å². The van der Waals surface area contributed by atoms with Crippen molar-refractivity contribution in [1.82, 2.24) is 8.75 Å². The van der Waals surface area contributed by atoms with Gasteiger partial charge in [0.2, 0.25) is 0 Å². The highest BCUT2D eigenvalue weighted by Crippen LogP contribution is 2.35. The van der Waals surface area contributed by atoms with Crippen molar-refractivity contribution in [1.29, 1.82) is 0 Å². The summed E-state index contributed by atoms with van der Waals surface area (Å²) in [5, 5.41) is 4.58. The van der Waals surface area contributed by atoms with E-state index >= 15 is 0 Å². The quantitative estimate of drug-likeness (QED) is 0.830. The molecule has 1 atom stereocenters. The number of allylic oxidation sites excluding steroid dienone is 2. The molecule has 0 radical (unpaired) electrons. The van der Waals surface area contributed by atoms with Crippen LogP contribution >= 0.6 is 34.9 Å². The van der Waals surface area contributed by atoms with Crippen molar-refractivity contribution in [3.8, 4) is 0 Å². The van der Waals surface area contributed by atoms with Gasteiger partial charge in [-0.25, -0.2) is 0 Å². The normalized spacial score (nSPS) is 18.9. The fraction of sp³-hybridized carbons (Fsp3) is 0.385. The van der Waals surface area contributed by atoms with Crippen LogP contribution in [0.1, 0.15) is 19.3 Å². The maximum atomic E-state index is 6.26. The van der Waals surface area contributed by atoms with Gasteiger partial charge in [0.15, 0.2) is 0 Å². The van der Waals surface area contributed by atoms with Gasteiger partial charge in [-0.1, -0.05) is 35.4 Å². The van der Waals surface area contributed by atoms with Gasteiger partial charge in [0.1, 0.15) is 11.0 Å². The number of nitrogens with zero attached hydrogens (tertiary/aromatic N) is 2. The van der Waals surface area contributed by atoms with Gasteiger partial charge in [-0.3, -0.25) is 0 Å². The molecule has 0 fully saturated rings. The first-order valence-electron chi connectivity index (χ1n) is 6.25. The van der Waals surface area contributed by atoms with Crippen LogP contribution in [0.15, 0.2) is 18.2 Å². The number of hydrogen-bond donors (Lipinski definition) is 1. The summed E-state index contributed by atoms with van der Waals surface area (Å²) in [6.45, 7) is 0.901. The smallest absolute Gasteiger partial charge is 0.130 e. The van der Waals surface area contributed by atoms with E-state index in [0.717, 1.165) is 47.8 Å². The van der Waals surface area contributed by atoms with Crippen LogP contribution in [-0.2, 0) is 0 Å². The molecule has 2 aromatic rings. The molecular formula is C13H13Cl2N3S. The van der Waals surface area contributed by atoms with Crippen LogP contribution in [-0.4, -0.2) is 15.3 Å². The first kappa shape index (κ1) is 13.2. The molecule has 0 bridgehead atoms. The molecule has 0 aliphatic heterocycles. The van der Waals surface area contributed by atoms with E-state index in [2.05, 4.69) is 26.2 Å². The predicted octanol–water partition coefficient (Wildman–Crippen LogP) is 4.77. The van der Waals surface area contributed by atoms with Crippen LogP contribution < -0.4 is 5.32 Å². The van der Waals surface area contributed by atoms with Gasteiger partial charge < -0.3 is 5.32 Å². The Bertz CT molecular complexity index is 624. The highest BCUT2D eigenvalue weighted by molar-refractivity contribution is 7.00. The van der Waals surface area contributed by atoms with Crippen LogP contribution in [0.4, 0.5) is 5.69 Å². The topological polar surface area (TPSA) is 37.8 Å². The Balaban J connectivity index is 1.84. The second-order valence-electron chi connectivity index (χ2n) is 4.71. The second-order valence-corrected chi connectivity index (χ2v) is 6.05. The van der Waals surface area contributed by atoms with E-state index in [0.29, 0.717) is 16.0 Å². The van der Waals surface area contributed by atoms with Gasteiger partial charge in [0.05, 0.1) is 27.5 Å². The maximum absolute atomic E-state index is 6.26. The molecule has 3 rings (SSSR count). The fourth-order valence-corrected chi connectivity index (χ4v) is 3.51. The van der Waals surface area contributed by atoms with E-state index in [-0.39, 0.29) is 0 Å². The molecule has 0 saturated carbocycles. The summed E-state index contributed by atoms with van der Waals surface area (Å²) in [5.74, 6) is 0.651. The molecule has 1 aromatic carbocycles. The molecule has 6 heteroatoms. The summed E-state index contributed by atoms with van der Waals surface area (Å²) < 4.78 is 8.49. The van der Waals surface area contributed by atoms with E-state index in [1.165, 1.54) is 6.42 Å². The van der Waals surface area contributed by atoms with Crippen molar-refractivity contribution in [3.63, 3.8) is 0 Å². The Morgan fingerprint density at radius 3 is 2.84 bits per heavy atom. The average Bonchev–Trinajstić information content (AvgIpc) is 2.89. The van der Waals surface area contributed by atoms with Crippen LogP contribution in [0.3, 0.4) is 0 Å². The first-order valence-corrected chi connectivity index (χ1v) is 7.73. The lowest BCUT2D eigenvalue weighted by molar-refractivity contribution is 0.504. The zero-order chi connectivity index (χ0) is 13.2. The van der Waals surface area contributed by atoms with Crippen LogP contribution in [0.5, 0.6) is 0 Å². The summed E-state index contributed by atoms with van der Waals surface area (Å²) in [6.07, 6.45) is 7.99. The summed E-state index contributed by atoms with van der Waals surface area (Å²) in [5.41, 5.74) is 2.35. The van der Waals surface area contributed by atoms with E-state index in [9.17, 15) is 0 Å². The third-order valence-corrected chi connectivity index (χ3v) is 4.50. The SMILES string of the molecule is Clc1cc(Cl)c2nsnc2c1NCC1CC=CCC1. The third-order valence-electron chi connectivity index (χ3n) is 3.39. The molecule has 1 aromatic heterocycles. The number of aromatic nitrogens is 2. The van der Waals surface area contributed by atoms with Crippen LogP contribution in [0.25, 0.3) is 11.0 Å². The molecule has 0 amide bonds. The first-order chi connectivity index (χ1) is 9.25. The van der Waals surface area contributed by atoms with Crippen molar-refractivity contribution in [2.75, 3.05) is 11.9 Å². The minimum absolute atomic E-state index is 0.555. The molecule has 100 valence electrons. The lowest BCUT2D eigenvalue weighted by Crippen LogP contribution is -2.15. The Labute approximate surface area is 125 Å². The number of hydrogen-bond acceptors (Lipinski definition) is 4. The number of nitrogens with one attached hydrogen (secondary N) is 1. The maximum Gasteiger partial charge on any atom is 0.130 e. The van der Waals surface area contributed by atoms with Crippen LogP contribution in [0, 0.1) is 5.92 Å². The predicted molar refractivity (Wildman–Crippen MR) is 82.4 cm³/mol. The summed E-state index contributed by atoms with van der Waals surface area (Å²) in [6, 6.07) is 1.73. The largest absolute Gasteiger partial charge is 0.382 e. The van der Waals surface area contributed by atoms with Gasteiger partial charge in [-0.2, -0.15) is 8.75 Å². The Morgan fingerprint density at radius 2 is 2.05 bits per heavy atom. The molecule has 3 nitrogen and oxygen atoms in total. The van der Waals surface area contributed by atoms with Gasteiger partial charge in [0, 0.05) is 6.54 Å². The van der Waals surface area contributed by atoms with Gasteiger partial charge in [-0.15, -0.1) is 0 Å². The monoisotopic (exact) mass is 313 g/mol. The highest BCUT2D eigenvalue weighted by atomic mass is 35.5. The zero-order valence-electron chi connectivity index (χ0n) is 10.2. The molecule has 0 saturated heterocycles. The summed E-state index contributed by atoms with van der Waals surface area (Å²) in [4.78, 5) is 0. The molecule has 1 heterocycles. The zero-order valence-corrected chi connectivity index (χ0v) is 12.5.